The summed E-state index contributed by atoms with van der Waals surface area (Å²) in [6, 6.07) is 7.01. The summed E-state index contributed by atoms with van der Waals surface area (Å²) in [7, 11) is 4.98. The van der Waals surface area contributed by atoms with Crippen LogP contribution in [0.1, 0.15) is 5.69 Å². The summed E-state index contributed by atoms with van der Waals surface area (Å²) in [5.74, 6) is 1.59. The van der Waals surface area contributed by atoms with Crippen molar-refractivity contribution in [1.82, 2.24) is 29.5 Å². The molecule has 0 aromatic carbocycles. The van der Waals surface area contributed by atoms with E-state index in [2.05, 4.69) is 25.5 Å². The number of methoxy groups -OCH3 is 1. The van der Waals surface area contributed by atoms with E-state index >= 15 is 0 Å². The number of fused-ring (bicyclic) bond motifs is 1. The van der Waals surface area contributed by atoms with E-state index in [4.69, 9.17) is 4.74 Å². The fraction of sp³-hybridized carbons (Fsp3) is 0.222. The first-order chi connectivity index (χ1) is 13.8. The summed E-state index contributed by atoms with van der Waals surface area (Å²) in [4.78, 5) is 8.18. The number of pyridine rings is 2. The number of hydrogen-bond donors (Lipinski definition) is 1. The zero-order valence-corrected chi connectivity index (χ0v) is 15.7. The molecule has 0 aliphatic rings. The van der Waals surface area contributed by atoms with Crippen molar-refractivity contribution in [1.29, 1.82) is 0 Å². The van der Waals surface area contributed by atoms with Gasteiger partial charge in [0.1, 0.15) is 28.8 Å². The molecule has 0 spiro atoms. The minimum Gasteiger partial charge on any atom is -0.496 e. The van der Waals surface area contributed by atoms with E-state index in [-0.39, 0.29) is 5.69 Å². The van der Waals surface area contributed by atoms with E-state index < -0.39 is 11.9 Å². The molecule has 4 rings (SSSR count). The molecule has 29 heavy (non-hydrogen) atoms. The standard InChI is InChI=1S/C18H16F3N7O/c1-27-16(7-12(26-27)11-5-4-6-14(23-11)18(19,20)21)24-15-8-13(29-3)10-9-22-28(2)17(10)25-15/h4-9H,1-3H3,(H,24,25). The second-order valence-electron chi connectivity index (χ2n) is 6.28. The third-order valence-electron chi connectivity index (χ3n) is 4.32. The molecule has 4 aromatic heterocycles. The fourth-order valence-corrected chi connectivity index (χ4v) is 2.89. The average Bonchev–Trinajstić information content (AvgIpc) is 3.24. The van der Waals surface area contributed by atoms with Crippen LogP contribution in [-0.2, 0) is 20.3 Å². The molecule has 4 heterocycles. The quantitative estimate of drug-likeness (QED) is 0.561. The number of rotatable bonds is 4. The monoisotopic (exact) mass is 403 g/mol. The van der Waals surface area contributed by atoms with Crippen LogP contribution in [0.3, 0.4) is 0 Å². The van der Waals surface area contributed by atoms with E-state index in [1.165, 1.54) is 16.8 Å². The SMILES string of the molecule is COc1cc(Nc2cc(-c3cccc(C(F)(F)F)n3)nn2C)nc2c1cnn2C. The van der Waals surface area contributed by atoms with Crippen molar-refractivity contribution in [2.75, 3.05) is 12.4 Å². The molecule has 8 nitrogen and oxygen atoms in total. The van der Waals surface area contributed by atoms with E-state index in [9.17, 15) is 13.2 Å². The second-order valence-corrected chi connectivity index (χ2v) is 6.28. The van der Waals surface area contributed by atoms with E-state index in [1.54, 1.807) is 44.2 Å². The summed E-state index contributed by atoms with van der Waals surface area (Å²) in [6.07, 6.45) is -2.86. The van der Waals surface area contributed by atoms with Crippen LogP contribution in [0, 0.1) is 0 Å². The average molecular weight is 403 g/mol. The number of alkyl halides is 3. The zero-order chi connectivity index (χ0) is 20.8. The molecule has 0 unspecified atom stereocenters. The van der Waals surface area contributed by atoms with Crippen molar-refractivity contribution in [3.05, 3.63) is 42.2 Å². The van der Waals surface area contributed by atoms with Gasteiger partial charge in [-0.25, -0.2) is 9.97 Å². The Kier molecular flexibility index (Phi) is 4.36. The van der Waals surface area contributed by atoms with Crippen molar-refractivity contribution in [2.24, 2.45) is 14.1 Å². The Bertz CT molecular complexity index is 1200. The van der Waals surface area contributed by atoms with Crippen LogP contribution < -0.4 is 10.1 Å². The molecule has 0 amide bonds. The summed E-state index contributed by atoms with van der Waals surface area (Å²) in [5, 5.41) is 12.3. The summed E-state index contributed by atoms with van der Waals surface area (Å²) in [5.41, 5.74) is 0.0720. The third kappa shape index (κ3) is 3.46. The first kappa shape index (κ1) is 18.7. The van der Waals surface area contributed by atoms with E-state index in [1.807, 2.05) is 0 Å². The van der Waals surface area contributed by atoms with Crippen LogP contribution in [0.25, 0.3) is 22.4 Å². The Labute approximate surface area is 163 Å². The molecule has 0 saturated heterocycles. The van der Waals surface area contributed by atoms with Gasteiger partial charge in [-0.2, -0.15) is 23.4 Å². The Balaban J connectivity index is 1.69. The molecule has 0 fully saturated rings. The number of hydrogen-bond acceptors (Lipinski definition) is 6. The van der Waals surface area contributed by atoms with E-state index in [0.717, 1.165) is 11.5 Å². The lowest BCUT2D eigenvalue weighted by Crippen LogP contribution is -2.08. The maximum atomic E-state index is 12.9. The summed E-state index contributed by atoms with van der Waals surface area (Å²) >= 11 is 0. The van der Waals surface area contributed by atoms with Crippen LogP contribution in [-0.4, -0.2) is 36.6 Å². The van der Waals surface area contributed by atoms with Gasteiger partial charge in [0.15, 0.2) is 5.65 Å². The molecule has 11 heteroatoms. The van der Waals surface area contributed by atoms with Crippen LogP contribution in [0.4, 0.5) is 24.8 Å². The molecule has 0 bridgehead atoms. The zero-order valence-electron chi connectivity index (χ0n) is 15.7. The predicted octanol–water partition coefficient (Wildman–Crippen LogP) is 3.53. The molecule has 0 aliphatic carbocycles. The minimum absolute atomic E-state index is 0.121. The molecule has 4 aromatic rings. The summed E-state index contributed by atoms with van der Waals surface area (Å²) < 4.78 is 47.3. The fourth-order valence-electron chi connectivity index (χ4n) is 2.89. The Morgan fingerprint density at radius 2 is 1.83 bits per heavy atom. The summed E-state index contributed by atoms with van der Waals surface area (Å²) in [6.45, 7) is 0. The number of nitrogens with zero attached hydrogens (tertiary/aromatic N) is 6. The Morgan fingerprint density at radius 3 is 2.55 bits per heavy atom. The van der Waals surface area contributed by atoms with Gasteiger partial charge >= 0.3 is 6.18 Å². The largest absolute Gasteiger partial charge is 0.496 e. The van der Waals surface area contributed by atoms with Gasteiger partial charge in [0.05, 0.1) is 24.4 Å². The molecular weight excluding hydrogens is 387 g/mol. The van der Waals surface area contributed by atoms with Crippen LogP contribution in [0.15, 0.2) is 36.5 Å². The van der Waals surface area contributed by atoms with Gasteiger partial charge in [-0.1, -0.05) is 6.07 Å². The Morgan fingerprint density at radius 1 is 1.03 bits per heavy atom. The van der Waals surface area contributed by atoms with Gasteiger partial charge in [-0.05, 0) is 12.1 Å². The molecular formula is C18H16F3N7O. The number of aryl methyl sites for hydroxylation is 2. The number of halogens is 3. The molecule has 0 radical (unpaired) electrons. The number of anilines is 2. The van der Waals surface area contributed by atoms with Gasteiger partial charge in [-0.15, -0.1) is 0 Å². The normalized spacial score (nSPS) is 11.8. The van der Waals surface area contributed by atoms with Gasteiger partial charge in [0.2, 0.25) is 0 Å². The van der Waals surface area contributed by atoms with Crippen molar-refractivity contribution in [2.45, 2.75) is 6.18 Å². The van der Waals surface area contributed by atoms with Crippen LogP contribution >= 0.6 is 0 Å². The van der Waals surface area contributed by atoms with Crippen molar-refractivity contribution in [3.63, 3.8) is 0 Å². The highest BCUT2D eigenvalue weighted by atomic mass is 19.4. The minimum atomic E-state index is -4.52. The van der Waals surface area contributed by atoms with E-state index in [0.29, 0.717) is 28.7 Å². The highest BCUT2D eigenvalue weighted by Crippen LogP contribution is 2.31. The smallest absolute Gasteiger partial charge is 0.433 e. The first-order valence-electron chi connectivity index (χ1n) is 8.48. The molecule has 0 atom stereocenters. The lowest BCUT2D eigenvalue weighted by Gasteiger charge is -2.08. The van der Waals surface area contributed by atoms with Crippen LogP contribution in [0.5, 0.6) is 5.75 Å². The molecule has 150 valence electrons. The van der Waals surface area contributed by atoms with Crippen LogP contribution in [0.2, 0.25) is 0 Å². The molecule has 1 N–H and O–H groups in total. The number of nitrogens with one attached hydrogen (secondary N) is 1. The maximum absolute atomic E-state index is 12.9. The number of ether oxygens (including phenoxy) is 1. The van der Waals surface area contributed by atoms with Gasteiger partial charge < -0.3 is 10.1 Å². The van der Waals surface area contributed by atoms with Gasteiger partial charge in [0, 0.05) is 26.2 Å². The predicted molar refractivity (Wildman–Crippen MR) is 99.8 cm³/mol. The van der Waals surface area contributed by atoms with Gasteiger partial charge in [-0.3, -0.25) is 9.36 Å². The third-order valence-corrected chi connectivity index (χ3v) is 4.32. The highest BCUT2D eigenvalue weighted by molar-refractivity contribution is 5.84. The second kappa shape index (κ2) is 6.76. The first-order valence-corrected chi connectivity index (χ1v) is 8.48. The van der Waals surface area contributed by atoms with Gasteiger partial charge in [0.25, 0.3) is 0 Å². The highest BCUT2D eigenvalue weighted by Gasteiger charge is 2.32. The lowest BCUT2D eigenvalue weighted by molar-refractivity contribution is -0.141. The molecule has 0 aliphatic heterocycles. The van der Waals surface area contributed by atoms with Crippen molar-refractivity contribution < 1.29 is 17.9 Å². The molecule has 0 saturated carbocycles. The Hall–Kier alpha value is -3.63. The lowest BCUT2D eigenvalue weighted by atomic mass is 10.2. The van der Waals surface area contributed by atoms with Crippen molar-refractivity contribution >= 4 is 22.7 Å². The number of aromatic nitrogens is 6. The van der Waals surface area contributed by atoms with Crippen molar-refractivity contribution in [3.8, 4) is 17.1 Å². The maximum Gasteiger partial charge on any atom is 0.433 e. The topological polar surface area (TPSA) is 82.7 Å².